The number of carbonyl (C=O) groups is 1. The average Bonchev–Trinajstić information content (AvgIpc) is 2.39. The zero-order valence-corrected chi connectivity index (χ0v) is 10.7. The monoisotopic (exact) mass is 238 g/mol. The van der Waals surface area contributed by atoms with Crippen molar-refractivity contribution in [1.29, 1.82) is 0 Å². The van der Waals surface area contributed by atoms with E-state index in [2.05, 4.69) is 23.7 Å². The molecule has 0 bridgehead atoms. The molecule has 1 aromatic heterocycles. The van der Waals surface area contributed by atoms with Crippen molar-refractivity contribution in [3.63, 3.8) is 0 Å². The van der Waals surface area contributed by atoms with E-state index < -0.39 is 5.68 Å². The minimum Gasteiger partial charge on any atom is -0.370 e. The molecular formula is C14H15BN2O. The maximum Gasteiger partial charge on any atom is 0.175 e. The van der Waals surface area contributed by atoms with Gasteiger partial charge in [-0.05, 0) is 19.9 Å². The Morgan fingerprint density at radius 2 is 2.00 bits per heavy atom. The summed E-state index contributed by atoms with van der Waals surface area (Å²) in [5.41, 5.74) is 1.17. The zero-order chi connectivity index (χ0) is 13.1. The van der Waals surface area contributed by atoms with Gasteiger partial charge in [0.1, 0.15) is 5.68 Å². The summed E-state index contributed by atoms with van der Waals surface area (Å²) in [5, 5.41) is 2.04. The fourth-order valence-electron chi connectivity index (χ4n) is 2.12. The molecule has 3 nitrogen and oxygen atoms in total. The van der Waals surface area contributed by atoms with Crippen LogP contribution in [0.15, 0.2) is 30.6 Å². The van der Waals surface area contributed by atoms with Crippen LogP contribution in [0.3, 0.4) is 0 Å². The molecule has 18 heavy (non-hydrogen) atoms. The summed E-state index contributed by atoms with van der Waals surface area (Å²) in [6.07, 6.45) is 3.63. The number of pyridine rings is 1. The Balaban J connectivity index is 2.65. The van der Waals surface area contributed by atoms with E-state index in [1.54, 1.807) is 12.3 Å². The highest BCUT2D eigenvalue weighted by Gasteiger charge is 2.09. The van der Waals surface area contributed by atoms with Gasteiger partial charge >= 0.3 is 0 Å². The predicted molar refractivity (Wildman–Crippen MR) is 75.4 cm³/mol. The van der Waals surface area contributed by atoms with Crippen LogP contribution in [0.4, 0.5) is 5.69 Å². The molecule has 0 amide bonds. The molecule has 4 heteroatoms. The second-order valence-electron chi connectivity index (χ2n) is 4.13. The van der Waals surface area contributed by atoms with Crippen LogP contribution in [0, 0.1) is 0 Å². The Morgan fingerprint density at radius 3 is 2.61 bits per heavy atom. The van der Waals surface area contributed by atoms with Crippen molar-refractivity contribution in [1.82, 2.24) is 4.98 Å². The summed E-state index contributed by atoms with van der Waals surface area (Å²) in [5.74, 6) is 0. The lowest BCUT2D eigenvalue weighted by Gasteiger charge is -2.22. The molecular weight excluding hydrogens is 223 g/mol. The molecule has 2 radical (unpaired) electrons. The van der Waals surface area contributed by atoms with Crippen molar-refractivity contribution < 1.29 is 4.79 Å². The number of anilines is 1. The van der Waals surface area contributed by atoms with Crippen molar-refractivity contribution >= 4 is 30.0 Å². The van der Waals surface area contributed by atoms with Crippen molar-refractivity contribution in [2.24, 2.45) is 0 Å². The Hall–Kier alpha value is -1.84. The Morgan fingerprint density at radius 1 is 1.28 bits per heavy atom. The zero-order valence-electron chi connectivity index (χ0n) is 10.7. The van der Waals surface area contributed by atoms with Crippen LogP contribution in [-0.4, -0.2) is 31.6 Å². The van der Waals surface area contributed by atoms with Gasteiger partial charge in [-0.2, -0.15) is 0 Å². The summed E-state index contributed by atoms with van der Waals surface area (Å²) in [6.45, 7) is 6.00. The smallest absolute Gasteiger partial charge is 0.175 e. The number of aromatic nitrogens is 1. The summed E-state index contributed by atoms with van der Waals surface area (Å²) in [4.78, 5) is 17.7. The van der Waals surface area contributed by atoms with Gasteiger partial charge in [-0.3, -0.25) is 4.98 Å². The summed E-state index contributed by atoms with van der Waals surface area (Å²) in [6, 6.07) is 5.46. The second-order valence-corrected chi connectivity index (χ2v) is 4.13. The topological polar surface area (TPSA) is 33.2 Å². The quantitative estimate of drug-likeness (QED) is 0.766. The molecule has 0 aliphatic carbocycles. The highest BCUT2D eigenvalue weighted by atomic mass is 16.1. The van der Waals surface area contributed by atoms with Gasteiger partial charge in [0.25, 0.3) is 0 Å². The minimum atomic E-state index is -0.404. The Labute approximate surface area is 108 Å². The van der Waals surface area contributed by atoms with Crippen LogP contribution in [0.2, 0.25) is 0 Å². The van der Waals surface area contributed by atoms with E-state index in [1.165, 1.54) is 0 Å². The number of carbonyl (C=O) groups excluding carboxylic acids is 1. The molecule has 0 unspecified atom stereocenters. The Kier molecular flexibility index (Phi) is 3.65. The molecule has 0 saturated carbocycles. The number of hydrogen-bond donors (Lipinski definition) is 0. The lowest BCUT2D eigenvalue weighted by Crippen LogP contribution is -2.22. The molecule has 1 aromatic carbocycles. The molecule has 2 aromatic rings. The minimum absolute atomic E-state index is 0.404. The number of fused-ring (bicyclic) bond motifs is 1. The number of rotatable bonds is 4. The SMILES string of the molecule is [B]C(=O)c1ccc2cncc(N(CC)CC)c2c1. The van der Waals surface area contributed by atoms with E-state index in [4.69, 9.17) is 7.85 Å². The van der Waals surface area contributed by atoms with Gasteiger partial charge in [-0.1, -0.05) is 12.1 Å². The fraction of sp³-hybridized carbons (Fsp3) is 0.286. The normalized spacial score (nSPS) is 10.6. The van der Waals surface area contributed by atoms with E-state index in [-0.39, 0.29) is 0 Å². The first kappa shape index (κ1) is 12.6. The van der Waals surface area contributed by atoms with E-state index in [0.717, 1.165) is 29.5 Å². The number of nitrogens with zero attached hydrogens (tertiary/aromatic N) is 2. The Bertz CT molecular complexity index is 579. The van der Waals surface area contributed by atoms with Gasteiger partial charge in [-0.25, -0.2) is 0 Å². The molecule has 0 saturated heterocycles. The first-order chi connectivity index (χ1) is 8.67. The fourth-order valence-corrected chi connectivity index (χ4v) is 2.12. The lowest BCUT2D eigenvalue weighted by molar-refractivity contribution is 0.108. The van der Waals surface area contributed by atoms with Gasteiger partial charge < -0.3 is 9.69 Å². The van der Waals surface area contributed by atoms with E-state index in [9.17, 15) is 4.79 Å². The van der Waals surface area contributed by atoms with Crippen molar-refractivity contribution in [3.8, 4) is 0 Å². The van der Waals surface area contributed by atoms with Gasteiger partial charge in [-0.15, -0.1) is 0 Å². The average molecular weight is 238 g/mol. The molecule has 2 rings (SSSR count). The van der Waals surface area contributed by atoms with E-state index in [1.807, 2.05) is 18.3 Å². The van der Waals surface area contributed by atoms with Crippen LogP contribution >= 0.6 is 0 Å². The summed E-state index contributed by atoms with van der Waals surface area (Å²) >= 11 is 0. The van der Waals surface area contributed by atoms with Crippen molar-refractivity contribution in [3.05, 3.63) is 36.2 Å². The first-order valence-corrected chi connectivity index (χ1v) is 6.09. The summed E-state index contributed by atoms with van der Waals surface area (Å²) < 4.78 is 0. The second kappa shape index (κ2) is 5.21. The maximum absolute atomic E-state index is 11.3. The van der Waals surface area contributed by atoms with Crippen molar-refractivity contribution in [2.75, 3.05) is 18.0 Å². The molecule has 1 heterocycles. The third-order valence-corrected chi connectivity index (χ3v) is 3.13. The standard InChI is InChI=1S/C14H15BN2O/c1-3-17(4-2)13-9-16-8-11-6-5-10(14(15)18)7-12(11)13/h5-9H,3-4H2,1-2H3. The number of benzene rings is 1. The lowest BCUT2D eigenvalue weighted by atomic mass is 9.93. The first-order valence-electron chi connectivity index (χ1n) is 6.09. The molecule has 0 fully saturated rings. The van der Waals surface area contributed by atoms with Crippen LogP contribution in [-0.2, 0) is 0 Å². The predicted octanol–water partition coefficient (Wildman–Crippen LogP) is 2.39. The summed E-state index contributed by atoms with van der Waals surface area (Å²) in [7, 11) is 5.33. The number of hydrogen-bond acceptors (Lipinski definition) is 3. The van der Waals surface area contributed by atoms with Gasteiger partial charge in [0.2, 0.25) is 0 Å². The molecule has 0 N–H and O–H groups in total. The highest BCUT2D eigenvalue weighted by Crippen LogP contribution is 2.26. The molecule has 0 spiro atoms. The van der Waals surface area contributed by atoms with Crippen LogP contribution in [0.25, 0.3) is 10.8 Å². The third-order valence-electron chi connectivity index (χ3n) is 3.13. The third kappa shape index (κ3) is 2.23. The molecule has 90 valence electrons. The van der Waals surface area contributed by atoms with Crippen molar-refractivity contribution in [2.45, 2.75) is 13.8 Å². The van der Waals surface area contributed by atoms with Gasteiger partial charge in [0, 0.05) is 35.6 Å². The molecule has 0 aliphatic rings. The van der Waals surface area contributed by atoms with E-state index >= 15 is 0 Å². The highest BCUT2D eigenvalue weighted by molar-refractivity contribution is 6.62. The van der Waals surface area contributed by atoms with Crippen LogP contribution in [0.5, 0.6) is 0 Å². The molecule has 0 atom stereocenters. The molecule has 0 aliphatic heterocycles. The van der Waals surface area contributed by atoms with Crippen LogP contribution in [0.1, 0.15) is 24.2 Å². The van der Waals surface area contributed by atoms with E-state index in [0.29, 0.717) is 5.56 Å². The van der Waals surface area contributed by atoms with Crippen LogP contribution < -0.4 is 4.90 Å². The largest absolute Gasteiger partial charge is 0.370 e. The van der Waals surface area contributed by atoms with Gasteiger partial charge in [0.15, 0.2) is 7.85 Å². The maximum atomic E-state index is 11.3. The van der Waals surface area contributed by atoms with Gasteiger partial charge in [0.05, 0.1) is 11.9 Å².